The van der Waals surface area contributed by atoms with Crippen LogP contribution in [0, 0.1) is 15.9 Å². The number of amides is 2. The van der Waals surface area contributed by atoms with Crippen LogP contribution in [0.2, 0.25) is 0 Å². The van der Waals surface area contributed by atoms with E-state index >= 15 is 0 Å². The first kappa shape index (κ1) is 19.2. The summed E-state index contributed by atoms with van der Waals surface area (Å²) in [4.78, 5) is 39.0. The van der Waals surface area contributed by atoms with Gasteiger partial charge in [0.15, 0.2) is 5.13 Å². The number of rotatable bonds is 4. The molecule has 2 heterocycles. The molecule has 150 valence electrons. The number of carbonyl (C=O) groups is 1. The van der Waals surface area contributed by atoms with Crippen molar-refractivity contribution in [2.75, 3.05) is 10.6 Å². The molecule has 0 atom stereocenters. The summed E-state index contributed by atoms with van der Waals surface area (Å²) in [6.07, 6.45) is 0. The number of nitro benzene ring substituents is 1. The second-order valence-corrected chi connectivity index (χ2v) is 6.91. The quantitative estimate of drug-likeness (QED) is 0.279. The topological polar surface area (TPSA) is 127 Å². The first-order chi connectivity index (χ1) is 14.4. The number of hydrogen-bond acceptors (Lipinski definition) is 7. The molecule has 2 aromatic heterocycles. The van der Waals surface area contributed by atoms with Gasteiger partial charge in [0.1, 0.15) is 11.4 Å². The highest BCUT2D eigenvalue weighted by Crippen LogP contribution is 2.27. The summed E-state index contributed by atoms with van der Waals surface area (Å²) in [6, 6.07) is 9.98. The number of nitrogens with zero attached hydrogens (tertiary/aromatic N) is 2. The number of fused-ring (bicyclic) bond motifs is 1. The predicted octanol–water partition coefficient (Wildman–Crippen LogP) is 4.61. The van der Waals surface area contributed by atoms with Gasteiger partial charge in [-0.15, -0.1) is 11.3 Å². The van der Waals surface area contributed by atoms with Gasteiger partial charge in [0.2, 0.25) is 0 Å². The summed E-state index contributed by atoms with van der Waals surface area (Å²) < 4.78 is 18.1. The number of aromatic nitrogens is 1. The van der Waals surface area contributed by atoms with Gasteiger partial charge >= 0.3 is 11.7 Å². The average molecular weight is 426 g/mol. The third-order valence-corrected chi connectivity index (χ3v) is 4.79. The van der Waals surface area contributed by atoms with E-state index in [1.807, 2.05) is 0 Å². The molecule has 0 aliphatic rings. The molecule has 0 saturated carbocycles. The number of nitrogens with one attached hydrogen (secondary N) is 2. The molecule has 2 N–H and O–H groups in total. The van der Waals surface area contributed by atoms with Crippen molar-refractivity contribution in [1.82, 2.24) is 4.98 Å². The second kappa shape index (κ2) is 7.72. The third kappa shape index (κ3) is 4.00. The maximum atomic E-state index is 12.9. The SMILES string of the molecule is O=C(Nc1ccc(F)cc1)Nc1nc(-c2cc3cc([N+](=O)[O-])ccc3oc2=O)cs1. The predicted molar refractivity (Wildman–Crippen MR) is 109 cm³/mol. The van der Waals surface area contributed by atoms with Crippen molar-refractivity contribution in [3.8, 4) is 11.3 Å². The van der Waals surface area contributed by atoms with Crippen LogP contribution >= 0.6 is 11.3 Å². The number of carbonyl (C=O) groups excluding carboxylic acids is 1. The number of hydrogen-bond donors (Lipinski definition) is 2. The Morgan fingerprint density at radius 2 is 1.90 bits per heavy atom. The number of non-ortho nitro benzene ring substituents is 1. The van der Waals surface area contributed by atoms with Gasteiger partial charge in [-0.05, 0) is 36.4 Å². The van der Waals surface area contributed by atoms with Gasteiger partial charge in [-0.3, -0.25) is 15.4 Å². The Hall–Kier alpha value is -4.12. The zero-order valence-electron chi connectivity index (χ0n) is 14.9. The summed E-state index contributed by atoms with van der Waals surface area (Å²) in [6.45, 7) is 0. The minimum absolute atomic E-state index is 0.103. The Labute approximate surface area is 170 Å². The van der Waals surface area contributed by atoms with Crippen molar-refractivity contribution in [2.24, 2.45) is 0 Å². The van der Waals surface area contributed by atoms with Gasteiger partial charge in [-0.2, -0.15) is 0 Å². The van der Waals surface area contributed by atoms with Crippen LogP contribution in [-0.4, -0.2) is 15.9 Å². The Balaban J connectivity index is 1.57. The Bertz CT molecular complexity index is 1330. The maximum absolute atomic E-state index is 12.9. The van der Waals surface area contributed by atoms with E-state index in [4.69, 9.17) is 4.42 Å². The number of nitro groups is 1. The van der Waals surface area contributed by atoms with Crippen molar-refractivity contribution in [3.05, 3.63) is 80.3 Å². The Morgan fingerprint density at radius 1 is 1.13 bits per heavy atom. The van der Waals surface area contributed by atoms with Gasteiger partial charge < -0.3 is 9.73 Å². The fraction of sp³-hybridized carbons (Fsp3) is 0. The number of benzene rings is 2. The number of halogens is 1. The van der Waals surface area contributed by atoms with E-state index in [2.05, 4.69) is 15.6 Å². The van der Waals surface area contributed by atoms with E-state index in [-0.39, 0.29) is 27.7 Å². The molecule has 9 nitrogen and oxygen atoms in total. The minimum Gasteiger partial charge on any atom is -0.422 e. The summed E-state index contributed by atoms with van der Waals surface area (Å²) in [5.74, 6) is -0.426. The van der Waals surface area contributed by atoms with E-state index in [0.29, 0.717) is 11.1 Å². The molecular formula is C19H11FN4O5S. The highest BCUT2D eigenvalue weighted by atomic mass is 32.1. The Kier molecular flexibility index (Phi) is 4.94. The molecule has 0 unspecified atom stereocenters. The molecule has 0 radical (unpaired) electrons. The van der Waals surface area contributed by atoms with Crippen LogP contribution < -0.4 is 16.3 Å². The summed E-state index contributed by atoms with van der Waals surface area (Å²) in [7, 11) is 0. The average Bonchev–Trinajstić information content (AvgIpc) is 3.16. The molecule has 4 rings (SSSR count). The van der Waals surface area contributed by atoms with Crippen LogP contribution in [0.15, 0.2) is 63.1 Å². The number of anilines is 2. The van der Waals surface area contributed by atoms with Crippen LogP contribution in [0.5, 0.6) is 0 Å². The lowest BCUT2D eigenvalue weighted by Gasteiger charge is -2.05. The van der Waals surface area contributed by atoms with Gasteiger partial charge in [-0.25, -0.2) is 19.0 Å². The van der Waals surface area contributed by atoms with E-state index in [0.717, 1.165) is 11.3 Å². The molecule has 0 saturated heterocycles. The molecule has 0 spiro atoms. The molecule has 2 amide bonds. The van der Waals surface area contributed by atoms with Gasteiger partial charge in [0, 0.05) is 28.6 Å². The van der Waals surface area contributed by atoms with E-state index in [1.165, 1.54) is 48.5 Å². The fourth-order valence-corrected chi connectivity index (χ4v) is 3.36. The second-order valence-electron chi connectivity index (χ2n) is 6.05. The van der Waals surface area contributed by atoms with Crippen molar-refractivity contribution < 1.29 is 18.5 Å². The van der Waals surface area contributed by atoms with Crippen molar-refractivity contribution in [3.63, 3.8) is 0 Å². The van der Waals surface area contributed by atoms with Crippen LogP contribution in [0.25, 0.3) is 22.2 Å². The van der Waals surface area contributed by atoms with Crippen molar-refractivity contribution in [2.45, 2.75) is 0 Å². The molecular weight excluding hydrogens is 415 g/mol. The van der Waals surface area contributed by atoms with Crippen LogP contribution in [-0.2, 0) is 0 Å². The highest BCUT2D eigenvalue weighted by molar-refractivity contribution is 7.14. The normalized spacial score (nSPS) is 10.7. The number of thiazole rings is 1. The lowest BCUT2D eigenvalue weighted by atomic mass is 10.1. The zero-order valence-corrected chi connectivity index (χ0v) is 15.7. The lowest BCUT2D eigenvalue weighted by Crippen LogP contribution is -2.19. The largest absolute Gasteiger partial charge is 0.422 e. The van der Waals surface area contributed by atoms with Crippen molar-refractivity contribution >= 4 is 44.8 Å². The van der Waals surface area contributed by atoms with Crippen LogP contribution in [0.1, 0.15) is 0 Å². The maximum Gasteiger partial charge on any atom is 0.345 e. The summed E-state index contributed by atoms with van der Waals surface area (Å²) in [5.41, 5.74) is 0.152. The van der Waals surface area contributed by atoms with Crippen LogP contribution in [0.3, 0.4) is 0 Å². The highest BCUT2D eigenvalue weighted by Gasteiger charge is 2.15. The minimum atomic E-state index is -0.663. The third-order valence-electron chi connectivity index (χ3n) is 4.03. The summed E-state index contributed by atoms with van der Waals surface area (Å²) in [5, 5.41) is 18.1. The van der Waals surface area contributed by atoms with Gasteiger partial charge in [-0.1, -0.05) is 0 Å². The first-order valence-corrected chi connectivity index (χ1v) is 9.29. The lowest BCUT2D eigenvalue weighted by molar-refractivity contribution is -0.384. The van der Waals surface area contributed by atoms with E-state index < -0.39 is 22.4 Å². The van der Waals surface area contributed by atoms with E-state index in [9.17, 15) is 24.1 Å². The molecule has 0 aliphatic carbocycles. The molecule has 11 heteroatoms. The molecule has 0 bridgehead atoms. The monoisotopic (exact) mass is 426 g/mol. The van der Waals surface area contributed by atoms with Crippen molar-refractivity contribution in [1.29, 1.82) is 0 Å². The molecule has 0 aliphatic heterocycles. The van der Waals surface area contributed by atoms with E-state index in [1.54, 1.807) is 5.38 Å². The summed E-state index contributed by atoms with van der Waals surface area (Å²) >= 11 is 1.08. The number of urea groups is 1. The molecule has 2 aromatic carbocycles. The van der Waals surface area contributed by atoms with Gasteiger partial charge in [0.25, 0.3) is 5.69 Å². The molecule has 4 aromatic rings. The zero-order chi connectivity index (χ0) is 21.3. The smallest absolute Gasteiger partial charge is 0.345 e. The fourth-order valence-electron chi connectivity index (χ4n) is 2.65. The Morgan fingerprint density at radius 3 is 2.63 bits per heavy atom. The first-order valence-electron chi connectivity index (χ1n) is 8.41. The molecule has 0 fully saturated rings. The molecule has 30 heavy (non-hydrogen) atoms. The van der Waals surface area contributed by atoms with Crippen LogP contribution in [0.4, 0.5) is 25.7 Å². The standard InChI is InChI=1S/C19H11FN4O5S/c20-11-1-3-12(4-2-11)21-18(26)23-19-22-15(9-30-19)14-8-10-7-13(24(27)28)5-6-16(10)29-17(14)25/h1-9H,(H2,21,22,23,26). The van der Waals surface area contributed by atoms with Gasteiger partial charge in [0.05, 0.1) is 16.2 Å².